The molecule has 2 aromatic rings. The standard InChI is InChI=1S/C15H16O2/c1-17-14-9-7-13(8-10-14)15(11-16)12-5-3-2-4-6-12/h2-10,15-16H,11H2,1H3. The summed E-state index contributed by atoms with van der Waals surface area (Å²) in [5.74, 6) is 0.862. The van der Waals surface area contributed by atoms with Gasteiger partial charge in [-0.05, 0) is 23.3 Å². The van der Waals surface area contributed by atoms with Crippen LogP contribution >= 0.6 is 0 Å². The first-order valence-corrected chi connectivity index (χ1v) is 5.65. The van der Waals surface area contributed by atoms with Crippen molar-refractivity contribution in [1.82, 2.24) is 0 Å². The lowest BCUT2D eigenvalue weighted by molar-refractivity contribution is 0.280. The lowest BCUT2D eigenvalue weighted by Gasteiger charge is -2.15. The Morgan fingerprint density at radius 1 is 0.941 bits per heavy atom. The molecule has 1 N–H and O–H groups in total. The van der Waals surface area contributed by atoms with Gasteiger partial charge in [0.1, 0.15) is 5.75 Å². The molecule has 1 atom stereocenters. The molecule has 0 aliphatic carbocycles. The van der Waals surface area contributed by atoms with Gasteiger partial charge in [0.15, 0.2) is 0 Å². The summed E-state index contributed by atoms with van der Waals surface area (Å²) in [7, 11) is 1.65. The van der Waals surface area contributed by atoms with E-state index >= 15 is 0 Å². The highest BCUT2D eigenvalue weighted by atomic mass is 16.5. The molecule has 1 unspecified atom stereocenters. The zero-order chi connectivity index (χ0) is 12.1. The zero-order valence-electron chi connectivity index (χ0n) is 9.84. The number of hydrogen-bond acceptors (Lipinski definition) is 2. The van der Waals surface area contributed by atoms with Crippen LogP contribution < -0.4 is 4.74 Å². The van der Waals surface area contributed by atoms with E-state index in [9.17, 15) is 5.11 Å². The number of rotatable bonds is 4. The molecule has 0 spiro atoms. The van der Waals surface area contributed by atoms with E-state index in [1.807, 2.05) is 54.6 Å². The number of aliphatic hydroxyl groups is 1. The minimum Gasteiger partial charge on any atom is -0.497 e. The molecule has 2 heteroatoms. The first kappa shape index (κ1) is 11.7. The fourth-order valence-electron chi connectivity index (χ4n) is 1.92. The fourth-order valence-corrected chi connectivity index (χ4v) is 1.92. The molecule has 0 saturated heterocycles. The van der Waals surface area contributed by atoms with Crippen molar-refractivity contribution in [2.45, 2.75) is 5.92 Å². The molecule has 0 saturated carbocycles. The first-order chi connectivity index (χ1) is 8.35. The average Bonchev–Trinajstić information content (AvgIpc) is 2.42. The smallest absolute Gasteiger partial charge is 0.118 e. The molecule has 0 bridgehead atoms. The quantitative estimate of drug-likeness (QED) is 0.872. The van der Waals surface area contributed by atoms with Crippen LogP contribution in [0.15, 0.2) is 54.6 Å². The summed E-state index contributed by atoms with van der Waals surface area (Å²) in [5, 5.41) is 9.53. The van der Waals surface area contributed by atoms with E-state index in [4.69, 9.17) is 4.74 Å². The highest BCUT2D eigenvalue weighted by molar-refractivity contribution is 5.36. The fraction of sp³-hybridized carbons (Fsp3) is 0.200. The Morgan fingerprint density at radius 2 is 1.53 bits per heavy atom. The van der Waals surface area contributed by atoms with Crippen LogP contribution in [0.3, 0.4) is 0 Å². The van der Waals surface area contributed by atoms with Crippen molar-refractivity contribution in [2.75, 3.05) is 13.7 Å². The topological polar surface area (TPSA) is 29.5 Å². The molecule has 2 rings (SSSR count). The zero-order valence-corrected chi connectivity index (χ0v) is 9.84. The van der Waals surface area contributed by atoms with Gasteiger partial charge in [-0.1, -0.05) is 42.5 Å². The maximum Gasteiger partial charge on any atom is 0.118 e. The molecule has 0 heterocycles. The van der Waals surface area contributed by atoms with Gasteiger partial charge < -0.3 is 9.84 Å². The van der Waals surface area contributed by atoms with Crippen LogP contribution in [-0.2, 0) is 0 Å². The van der Waals surface area contributed by atoms with Gasteiger partial charge in [-0.2, -0.15) is 0 Å². The Morgan fingerprint density at radius 3 is 2.06 bits per heavy atom. The maximum atomic E-state index is 9.53. The molecule has 2 nitrogen and oxygen atoms in total. The molecular weight excluding hydrogens is 212 g/mol. The van der Waals surface area contributed by atoms with Gasteiger partial charge >= 0.3 is 0 Å². The SMILES string of the molecule is COc1ccc(C(CO)c2ccccc2)cc1. The van der Waals surface area contributed by atoms with Crippen molar-refractivity contribution in [1.29, 1.82) is 0 Å². The predicted molar refractivity (Wildman–Crippen MR) is 68.4 cm³/mol. The molecule has 0 radical (unpaired) electrons. The van der Waals surface area contributed by atoms with Gasteiger partial charge in [0.25, 0.3) is 0 Å². The Hall–Kier alpha value is -1.80. The number of benzene rings is 2. The monoisotopic (exact) mass is 228 g/mol. The molecule has 2 aromatic carbocycles. The molecule has 17 heavy (non-hydrogen) atoms. The number of hydrogen-bond donors (Lipinski definition) is 1. The molecule has 0 aromatic heterocycles. The second kappa shape index (κ2) is 5.51. The third-order valence-electron chi connectivity index (χ3n) is 2.90. The maximum absolute atomic E-state index is 9.53. The third-order valence-corrected chi connectivity index (χ3v) is 2.90. The van der Waals surface area contributed by atoms with E-state index in [1.165, 1.54) is 0 Å². The van der Waals surface area contributed by atoms with Gasteiger partial charge in [0.05, 0.1) is 13.7 Å². The molecule has 0 aliphatic heterocycles. The van der Waals surface area contributed by atoms with E-state index in [2.05, 4.69) is 0 Å². The largest absolute Gasteiger partial charge is 0.497 e. The lowest BCUT2D eigenvalue weighted by Crippen LogP contribution is -2.05. The summed E-state index contributed by atoms with van der Waals surface area (Å²) in [6.45, 7) is 0.107. The Bertz CT molecular complexity index is 448. The van der Waals surface area contributed by atoms with E-state index in [0.29, 0.717) is 0 Å². The predicted octanol–water partition coefficient (Wildman–Crippen LogP) is 2.82. The Kier molecular flexibility index (Phi) is 3.78. The van der Waals surface area contributed by atoms with Crippen molar-refractivity contribution >= 4 is 0 Å². The van der Waals surface area contributed by atoms with Gasteiger partial charge in [0.2, 0.25) is 0 Å². The van der Waals surface area contributed by atoms with Crippen molar-refractivity contribution in [2.24, 2.45) is 0 Å². The molecular formula is C15H16O2. The number of aliphatic hydroxyl groups excluding tert-OH is 1. The summed E-state index contributed by atoms with van der Waals surface area (Å²) >= 11 is 0. The van der Waals surface area contributed by atoms with Crippen LogP contribution in [-0.4, -0.2) is 18.8 Å². The molecule has 0 fully saturated rings. The van der Waals surface area contributed by atoms with Crippen molar-refractivity contribution in [3.8, 4) is 5.75 Å². The van der Waals surface area contributed by atoms with E-state index in [1.54, 1.807) is 7.11 Å². The van der Waals surface area contributed by atoms with Gasteiger partial charge in [-0.15, -0.1) is 0 Å². The van der Waals surface area contributed by atoms with E-state index in [0.717, 1.165) is 16.9 Å². The van der Waals surface area contributed by atoms with Crippen molar-refractivity contribution in [3.63, 3.8) is 0 Å². The highest BCUT2D eigenvalue weighted by Gasteiger charge is 2.12. The van der Waals surface area contributed by atoms with Crippen LogP contribution in [0.2, 0.25) is 0 Å². The van der Waals surface area contributed by atoms with Crippen LogP contribution in [0, 0.1) is 0 Å². The summed E-state index contributed by atoms with van der Waals surface area (Å²) < 4.78 is 5.13. The lowest BCUT2D eigenvalue weighted by atomic mass is 9.92. The van der Waals surface area contributed by atoms with Crippen molar-refractivity contribution in [3.05, 3.63) is 65.7 Å². The van der Waals surface area contributed by atoms with Gasteiger partial charge in [0, 0.05) is 5.92 Å². The average molecular weight is 228 g/mol. The molecule has 0 amide bonds. The van der Waals surface area contributed by atoms with E-state index in [-0.39, 0.29) is 12.5 Å². The summed E-state index contributed by atoms with van der Waals surface area (Å²) in [5.41, 5.74) is 2.22. The Labute approximate surface area is 101 Å². The minimum atomic E-state index is 0.0297. The van der Waals surface area contributed by atoms with Crippen LogP contribution in [0.25, 0.3) is 0 Å². The second-order valence-corrected chi connectivity index (χ2v) is 3.92. The summed E-state index contributed by atoms with van der Waals surface area (Å²) in [6.07, 6.45) is 0. The van der Waals surface area contributed by atoms with Crippen molar-refractivity contribution < 1.29 is 9.84 Å². The first-order valence-electron chi connectivity index (χ1n) is 5.65. The number of ether oxygens (including phenoxy) is 1. The number of methoxy groups -OCH3 is 1. The second-order valence-electron chi connectivity index (χ2n) is 3.92. The summed E-state index contributed by atoms with van der Waals surface area (Å²) in [4.78, 5) is 0. The van der Waals surface area contributed by atoms with Crippen LogP contribution in [0.5, 0.6) is 5.75 Å². The van der Waals surface area contributed by atoms with Crippen LogP contribution in [0.4, 0.5) is 0 Å². The van der Waals surface area contributed by atoms with Crippen LogP contribution in [0.1, 0.15) is 17.0 Å². The van der Waals surface area contributed by atoms with Gasteiger partial charge in [-0.3, -0.25) is 0 Å². The van der Waals surface area contributed by atoms with Gasteiger partial charge in [-0.25, -0.2) is 0 Å². The normalized spacial score (nSPS) is 12.1. The summed E-state index contributed by atoms with van der Waals surface area (Å²) in [6, 6.07) is 17.8. The molecule has 0 aliphatic rings. The minimum absolute atomic E-state index is 0.0297. The Balaban J connectivity index is 2.29. The molecule has 88 valence electrons. The highest BCUT2D eigenvalue weighted by Crippen LogP contribution is 2.25. The van der Waals surface area contributed by atoms with E-state index < -0.39 is 0 Å². The third kappa shape index (κ3) is 2.66.